The van der Waals surface area contributed by atoms with Crippen LogP contribution in [0.25, 0.3) is 0 Å². The second-order valence-electron chi connectivity index (χ2n) is 3.53. The third-order valence-electron chi connectivity index (χ3n) is 2.16. The molecule has 15 heavy (non-hydrogen) atoms. The fourth-order valence-corrected chi connectivity index (χ4v) is 2.20. The van der Waals surface area contributed by atoms with Crippen LogP contribution in [0.4, 0.5) is 0 Å². The van der Waals surface area contributed by atoms with Crippen molar-refractivity contribution < 1.29 is 5.11 Å². The molecule has 0 amide bonds. The quantitative estimate of drug-likeness (QED) is 0.433. The molecule has 0 aliphatic carbocycles. The van der Waals surface area contributed by atoms with Crippen LogP contribution in [0.15, 0.2) is 47.4 Å². The van der Waals surface area contributed by atoms with Crippen molar-refractivity contribution in [1.82, 2.24) is 0 Å². The zero-order chi connectivity index (χ0) is 10.9. The normalized spacial score (nSPS) is 10.2. The number of unbranched alkanes of at least 4 members (excludes halogenated alkanes) is 1. The third-order valence-corrected chi connectivity index (χ3v) is 3.26. The highest BCUT2D eigenvalue weighted by molar-refractivity contribution is 7.99. The van der Waals surface area contributed by atoms with E-state index in [9.17, 15) is 0 Å². The molecule has 0 unspecified atom stereocenters. The van der Waals surface area contributed by atoms with E-state index in [1.807, 2.05) is 17.8 Å². The van der Waals surface area contributed by atoms with Crippen LogP contribution in [-0.2, 0) is 0 Å². The molecular formula is C13H18OS. The molecule has 2 heteroatoms. The van der Waals surface area contributed by atoms with Crippen molar-refractivity contribution >= 4 is 11.8 Å². The monoisotopic (exact) mass is 222 g/mol. The van der Waals surface area contributed by atoms with Crippen LogP contribution in [0.1, 0.15) is 19.3 Å². The van der Waals surface area contributed by atoms with Gasteiger partial charge in [-0.3, -0.25) is 0 Å². The fraction of sp³-hybridized carbons (Fsp3) is 0.385. The summed E-state index contributed by atoms with van der Waals surface area (Å²) in [7, 11) is 0. The van der Waals surface area contributed by atoms with Gasteiger partial charge < -0.3 is 5.11 Å². The molecule has 1 nitrogen and oxygen atoms in total. The highest BCUT2D eigenvalue weighted by Gasteiger charge is 1.95. The summed E-state index contributed by atoms with van der Waals surface area (Å²) < 4.78 is 0. The molecule has 1 aromatic carbocycles. The number of benzene rings is 1. The van der Waals surface area contributed by atoms with Gasteiger partial charge in [-0.25, -0.2) is 0 Å². The lowest BCUT2D eigenvalue weighted by atomic mass is 10.1. The number of aliphatic hydroxyl groups is 1. The van der Waals surface area contributed by atoms with Gasteiger partial charge in [0.25, 0.3) is 0 Å². The molecule has 1 N–H and O–H groups in total. The van der Waals surface area contributed by atoms with Gasteiger partial charge in [0, 0.05) is 4.90 Å². The summed E-state index contributed by atoms with van der Waals surface area (Å²) in [5.74, 6) is 1.14. The Morgan fingerprint density at radius 3 is 2.60 bits per heavy atom. The molecule has 82 valence electrons. The van der Waals surface area contributed by atoms with E-state index in [4.69, 9.17) is 5.11 Å². The number of thioether (sulfide) groups is 1. The first-order valence-corrected chi connectivity index (χ1v) is 6.27. The Hall–Kier alpha value is -0.730. The van der Waals surface area contributed by atoms with Crippen molar-refractivity contribution in [3.05, 3.63) is 42.5 Å². The molecule has 0 heterocycles. The average molecular weight is 222 g/mol. The first-order valence-electron chi connectivity index (χ1n) is 5.28. The molecule has 0 aliphatic heterocycles. The molecule has 0 saturated heterocycles. The van der Waals surface area contributed by atoms with E-state index in [1.165, 1.54) is 11.3 Å². The number of aliphatic hydroxyl groups excluding tert-OH is 1. The molecule has 0 aliphatic rings. The maximum absolute atomic E-state index is 8.76. The van der Waals surface area contributed by atoms with Crippen molar-refractivity contribution in [3.63, 3.8) is 0 Å². The van der Waals surface area contributed by atoms with E-state index >= 15 is 0 Å². The Bertz CT molecular complexity index is 282. The zero-order valence-corrected chi connectivity index (χ0v) is 9.80. The Morgan fingerprint density at radius 2 is 1.93 bits per heavy atom. The molecule has 0 aromatic heterocycles. The van der Waals surface area contributed by atoms with Crippen LogP contribution in [0.2, 0.25) is 0 Å². The minimum Gasteiger partial charge on any atom is -0.392 e. The fourth-order valence-electron chi connectivity index (χ4n) is 1.26. The topological polar surface area (TPSA) is 20.2 Å². The molecule has 0 radical (unpaired) electrons. The van der Waals surface area contributed by atoms with Gasteiger partial charge in [-0.1, -0.05) is 30.4 Å². The van der Waals surface area contributed by atoms with E-state index in [2.05, 4.69) is 30.8 Å². The first-order chi connectivity index (χ1) is 7.33. The van der Waals surface area contributed by atoms with Crippen molar-refractivity contribution in [2.24, 2.45) is 0 Å². The minimum atomic E-state index is 0.131. The predicted octanol–water partition coefficient (Wildman–Crippen LogP) is 3.50. The largest absolute Gasteiger partial charge is 0.392 e. The molecule has 0 atom stereocenters. The van der Waals surface area contributed by atoms with E-state index in [0.717, 1.165) is 24.2 Å². The van der Waals surface area contributed by atoms with E-state index < -0.39 is 0 Å². The lowest BCUT2D eigenvalue weighted by Gasteiger charge is -2.02. The molecule has 0 spiro atoms. The minimum absolute atomic E-state index is 0.131. The molecule has 1 rings (SSSR count). The SMILES string of the molecule is C=C(CO)CCCCSc1ccccc1. The predicted molar refractivity (Wildman–Crippen MR) is 67.2 cm³/mol. The van der Waals surface area contributed by atoms with Crippen LogP contribution in [0.5, 0.6) is 0 Å². The number of rotatable bonds is 7. The lowest BCUT2D eigenvalue weighted by Crippen LogP contribution is -1.89. The van der Waals surface area contributed by atoms with Gasteiger partial charge in [-0.05, 0) is 37.1 Å². The summed E-state index contributed by atoms with van der Waals surface area (Å²) in [5, 5.41) is 8.76. The van der Waals surface area contributed by atoms with E-state index in [1.54, 1.807) is 0 Å². The van der Waals surface area contributed by atoms with Gasteiger partial charge >= 0.3 is 0 Å². The highest BCUT2D eigenvalue weighted by atomic mass is 32.2. The third kappa shape index (κ3) is 5.65. The van der Waals surface area contributed by atoms with Crippen LogP contribution >= 0.6 is 11.8 Å². The highest BCUT2D eigenvalue weighted by Crippen LogP contribution is 2.19. The summed E-state index contributed by atoms with van der Waals surface area (Å²) in [6, 6.07) is 10.4. The van der Waals surface area contributed by atoms with Crippen LogP contribution in [0.3, 0.4) is 0 Å². The van der Waals surface area contributed by atoms with Gasteiger partial charge in [0.2, 0.25) is 0 Å². The summed E-state index contributed by atoms with van der Waals surface area (Å²) in [6.07, 6.45) is 3.25. The standard InChI is InChI=1S/C13H18OS/c1-12(11-14)7-5-6-10-15-13-8-3-2-4-9-13/h2-4,8-9,14H,1,5-7,10-11H2. The van der Waals surface area contributed by atoms with Crippen LogP contribution < -0.4 is 0 Å². The summed E-state index contributed by atoms with van der Waals surface area (Å²) in [5.41, 5.74) is 0.944. The zero-order valence-electron chi connectivity index (χ0n) is 8.98. The lowest BCUT2D eigenvalue weighted by molar-refractivity contribution is 0.326. The summed E-state index contributed by atoms with van der Waals surface area (Å²) >= 11 is 1.89. The van der Waals surface area contributed by atoms with E-state index in [0.29, 0.717) is 0 Å². The average Bonchev–Trinajstić information content (AvgIpc) is 2.29. The maximum Gasteiger partial charge on any atom is 0.0639 e. The number of hydrogen-bond acceptors (Lipinski definition) is 2. The molecule has 1 aromatic rings. The second kappa shape index (κ2) is 7.55. The van der Waals surface area contributed by atoms with Gasteiger partial charge in [-0.15, -0.1) is 11.8 Å². The number of hydrogen-bond donors (Lipinski definition) is 1. The molecule has 0 saturated carbocycles. The Labute approximate surface area is 96.2 Å². The Morgan fingerprint density at radius 1 is 1.20 bits per heavy atom. The van der Waals surface area contributed by atoms with Crippen molar-refractivity contribution in [1.29, 1.82) is 0 Å². The summed E-state index contributed by atoms with van der Waals surface area (Å²) in [6.45, 7) is 3.90. The van der Waals surface area contributed by atoms with Crippen molar-refractivity contribution in [2.75, 3.05) is 12.4 Å². The Kier molecular flexibility index (Phi) is 6.21. The van der Waals surface area contributed by atoms with Gasteiger partial charge in [-0.2, -0.15) is 0 Å². The van der Waals surface area contributed by atoms with Crippen molar-refractivity contribution in [2.45, 2.75) is 24.2 Å². The van der Waals surface area contributed by atoms with Gasteiger partial charge in [0.05, 0.1) is 6.61 Å². The van der Waals surface area contributed by atoms with Gasteiger partial charge in [0.15, 0.2) is 0 Å². The van der Waals surface area contributed by atoms with Crippen LogP contribution in [0, 0.1) is 0 Å². The van der Waals surface area contributed by atoms with Crippen molar-refractivity contribution in [3.8, 4) is 0 Å². The smallest absolute Gasteiger partial charge is 0.0639 e. The van der Waals surface area contributed by atoms with E-state index in [-0.39, 0.29) is 6.61 Å². The first kappa shape index (κ1) is 12.3. The Balaban J connectivity index is 2.05. The second-order valence-corrected chi connectivity index (χ2v) is 4.70. The molecular weight excluding hydrogens is 204 g/mol. The summed E-state index contributed by atoms with van der Waals surface area (Å²) in [4.78, 5) is 1.33. The molecule has 0 fully saturated rings. The van der Waals surface area contributed by atoms with Gasteiger partial charge in [0.1, 0.15) is 0 Å². The van der Waals surface area contributed by atoms with Crippen LogP contribution in [-0.4, -0.2) is 17.5 Å². The molecule has 0 bridgehead atoms. The maximum atomic E-state index is 8.76.